The van der Waals surface area contributed by atoms with Crippen LogP contribution in [0.25, 0.3) is 11.7 Å². The van der Waals surface area contributed by atoms with Gasteiger partial charge in [0, 0.05) is 16.7 Å². The number of benzene rings is 1. The Balaban J connectivity index is 1.78. The van der Waals surface area contributed by atoms with Gasteiger partial charge in [-0.25, -0.2) is 0 Å². The molecule has 156 valence electrons. The van der Waals surface area contributed by atoms with Crippen LogP contribution in [-0.4, -0.2) is 21.3 Å². The summed E-state index contributed by atoms with van der Waals surface area (Å²) in [4.78, 5) is 30.2. The lowest BCUT2D eigenvalue weighted by atomic mass is 10.1. The van der Waals surface area contributed by atoms with Crippen molar-refractivity contribution < 1.29 is 9.53 Å². The minimum atomic E-state index is -0.499. The molecule has 4 rings (SSSR count). The molecular weight excluding hydrogens is 460 g/mol. The molecule has 2 heterocycles. The monoisotopic (exact) mass is 478 g/mol. The maximum atomic E-state index is 13.2. The van der Waals surface area contributed by atoms with Gasteiger partial charge in [0.2, 0.25) is 5.88 Å². The molecule has 31 heavy (non-hydrogen) atoms. The van der Waals surface area contributed by atoms with Crippen molar-refractivity contribution in [1.82, 2.24) is 14.7 Å². The van der Waals surface area contributed by atoms with E-state index in [1.54, 1.807) is 48.7 Å². The Morgan fingerprint density at radius 1 is 1.23 bits per heavy atom. The summed E-state index contributed by atoms with van der Waals surface area (Å²) in [5, 5.41) is 12.5. The highest BCUT2D eigenvalue weighted by Gasteiger charge is 2.21. The Kier molecular flexibility index (Phi) is 6.14. The van der Waals surface area contributed by atoms with Gasteiger partial charge >= 0.3 is 0 Å². The van der Waals surface area contributed by atoms with E-state index in [4.69, 9.17) is 4.74 Å². The number of carbonyl (C=O) groups excluding carboxylic acids is 1. The van der Waals surface area contributed by atoms with Crippen molar-refractivity contribution in [2.75, 3.05) is 0 Å². The topological polar surface area (TPSA) is 96.5 Å². The molecule has 1 aliphatic carbocycles. The normalized spacial score (nSPS) is 14.4. The molecule has 1 amide bonds. The number of amides is 1. The van der Waals surface area contributed by atoms with Gasteiger partial charge in [-0.15, -0.1) is 0 Å². The highest BCUT2D eigenvalue weighted by Crippen LogP contribution is 2.25. The number of hydrogen-bond donors (Lipinski definition) is 1. The summed E-state index contributed by atoms with van der Waals surface area (Å²) in [6.07, 6.45) is 6.73. The summed E-state index contributed by atoms with van der Waals surface area (Å²) in [6.45, 7) is 0. The molecular formula is C23H19BrN4O3. The second-order valence-corrected chi connectivity index (χ2v) is 8.16. The lowest BCUT2D eigenvalue weighted by Gasteiger charge is -2.12. The minimum absolute atomic E-state index is 0.0277. The van der Waals surface area contributed by atoms with E-state index >= 15 is 0 Å². The Hall–Kier alpha value is -3.44. The summed E-state index contributed by atoms with van der Waals surface area (Å²) in [6, 6.07) is 14.2. The first kappa shape index (κ1) is 20.8. The fraction of sp³-hybridized carbons (Fsp3) is 0.217. The molecule has 3 aromatic rings. The number of ether oxygens (including phenoxy) is 1. The summed E-state index contributed by atoms with van der Waals surface area (Å²) in [5.41, 5.74) is -0.170. The van der Waals surface area contributed by atoms with E-state index in [1.165, 1.54) is 10.5 Å². The SMILES string of the molecule is N#C/C(=C\c1c(Oc2ccc(Br)cc2)nc2ccccn2c1=O)C(=O)NC1CCCC1. The first-order chi connectivity index (χ1) is 15.0. The average molecular weight is 479 g/mol. The van der Waals surface area contributed by atoms with Gasteiger partial charge in [0.05, 0.1) is 0 Å². The van der Waals surface area contributed by atoms with Gasteiger partial charge < -0.3 is 10.1 Å². The second kappa shape index (κ2) is 9.14. The number of hydrogen-bond acceptors (Lipinski definition) is 5. The third-order valence-corrected chi connectivity index (χ3v) is 5.64. The number of nitrogens with zero attached hydrogens (tertiary/aromatic N) is 3. The van der Waals surface area contributed by atoms with E-state index in [0.29, 0.717) is 11.4 Å². The number of rotatable bonds is 5. The summed E-state index contributed by atoms with van der Waals surface area (Å²) >= 11 is 3.37. The van der Waals surface area contributed by atoms with E-state index in [9.17, 15) is 14.9 Å². The maximum absolute atomic E-state index is 13.2. The molecule has 0 saturated heterocycles. The Labute approximate surface area is 187 Å². The van der Waals surface area contributed by atoms with Crippen LogP contribution in [-0.2, 0) is 4.79 Å². The average Bonchev–Trinajstić information content (AvgIpc) is 3.28. The molecule has 8 heteroatoms. The molecule has 1 aromatic carbocycles. The van der Waals surface area contributed by atoms with Gasteiger partial charge in [0.25, 0.3) is 11.5 Å². The smallest absolute Gasteiger partial charge is 0.269 e. The highest BCUT2D eigenvalue weighted by atomic mass is 79.9. The van der Waals surface area contributed by atoms with Crippen molar-refractivity contribution in [1.29, 1.82) is 5.26 Å². The van der Waals surface area contributed by atoms with Gasteiger partial charge in [0.1, 0.15) is 28.6 Å². The van der Waals surface area contributed by atoms with Crippen LogP contribution < -0.4 is 15.6 Å². The fourth-order valence-electron chi connectivity index (χ4n) is 3.52. The zero-order valence-electron chi connectivity index (χ0n) is 16.5. The van der Waals surface area contributed by atoms with Crippen LogP contribution in [0.5, 0.6) is 11.6 Å². The van der Waals surface area contributed by atoms with Gasteiger partial charge in [-0.1, -0.05) is 34.8 Å². The van der Waals surface area contributed by atoms with Crippen LogP contribution in [0.15, 0.2) is 63.5 Å². The number of carbonyl (C=O) groups is 1. The number of nitriles is 1. The Morgan fingerprint density at radius 3 is 2.68 bits per heavy atom. The molecule has 0 atom stereocenters. The molecule has 7 nitrogen and oxygen atoms in total. The third kappa shape index (κ3) is 4.67. The fourth-order valence-corrected chi connectivity index (χ4v) is 3.79. The van der Waals surface area contributed by atoms with E-state index in [2.05, 4.69) is 26.2 Å². The van der Waals surface area contributed by atoms with Gasteiger partial charge in [-0.05, 0) is 55.3 Å². The van der Waals surface area contributed by atoms with Crippen LogP contribution in [0.3, 0.4) is 0 Å². The summed E-state index contributed by atoms with van der Waals surface area (Å²) in [7, 11) is 0. The highest BCUT2D eigenvalue weighted by molar-refractivity contribution is 9.10. The molecule has 0 unspecified atom stereocenters. The zero-order chi connectivity index (χ0) is 21.8. The lowest BCUT2D eigenvalue weighted by Crippen LogP contribution is -2.33. The van der Waals surface area contributed by atoms with Gasteiger partial charge in [0.15, 0.2) is 0 Å². The number of fused-ring (bicyclic) bond motifs is 1. The van der Waals surface area contributed by atoms with Crippen molar-refractivity contribution in [2.45, 2.75) is 31.7 Å². The van der Waals surface area contributed by atoms with Crippen molar-refractivity contribution in [3.05, 3.63) is 74.6 Å². The molecule has 1 saturated carbocycles. The molecule has 1 aliphatic rings. The Bertz CT molecular complexity index is 1250. The van der Waals surface area contributed by atoms with Crippen LogP contribution in [0.4, 0.5) is 0 Å². The van der Waals surface area contributed by atoms with Crippen LogP contribution in [0.1, 0.15) is 31.2 Å². The molecule has 0 spiro atoms. The predicted octanol–water partition coefficient (Wildman–Crippen LogP) is 4.22. The van der Waals surface area contributed by atoms with Crippen molar-refractivity contribution in [2.24, 2.45) is 0 Å². The molecule has 0 aliphatic heterocycles. The molecule has 1 fully saturated rings. The van der Waals surface area contributed by atoms with Crippen LogP contribution in [0, 0.1) is 11.3 Å². The van der Waals surface area contributed by atoms with E-state index in [-0.39, 0.29) is 23.1 Å². The minimum Gasteiger partial charge on any atom is -0.438 e. The third-order valence-electron chi connectivity index (χ3n) is 5.11. The van der Waals surface area contributed by atoms with Crippen molar-refractivity contribution >= 4 is 33.6 Å². The molecule has 0 bridgehead atoms. The van der Waals surface area contributed by atoms with E-state index < -0.39 is 11.5 Å². The summed E-state index contributed by atoms with van der Waals surface area (Å²) < 4.78 is 8.11. The largest absolute Gasteiger partial charge is 0.438 e. The molecule has 0 radical (unpaired) electrons. The van der Waals surface area contributed by atoms with E-state index in [0.717, 1.165) is 30.2 Å². The summed E-state index contributed by atoms with van der Waals surface area (Å²) in [5.74, 6) is 0.000403. The van der Waals surface area contributed by atoms with Crippen molar-refractivity contribution in [3.63, 3.8) is 0 Å². The lowest BCUT2D eigenvalue weighted by molar-refractivity contribution is -0.117. The maximum Gasteiger partial charge on any atom is 0.269 e. The number of halogens is 1. The standard InChI is InChI=1S/C23H19BrN4O3/c24-16-8-10-18(11-9-16)31-22-19(23(30)28-12-4-3-7-20(28)27-22)13-15(14-25)21(29)26-17-5-1-2-6-17/h3-4,7-13,17H,1-2,5-6H2,(H,26,29)/b15-13+. The number of nitrogens with one attached hydrogen (secondary N) is 1. The van der Waals surface area contributed by atoms with Crippen LogP contribution >= 0.6 is 15.9 Å². The first-order valence-corrected chi connectivity index (χ1v) is 10.7. The molecule has 2 aromatic heterocycles. The van der Waals surface area contributed by atoms with Gasteiger partial charge in [-0.2, -0.15) is 10.2 Å². The first-order valence-electron chi connectivity index (χ1n) is 9.92. The molecule has 1 N–H and O–H groups in total. The number of pyridine rings is 1. The van der Waals surface area contributed by atoms with E-state index in [1.807, 2.05) is 6.07 Å². The quantitative estimate of drug-likeness (QED) is 0.437. The van der Waals surface area contributed by atoms with Crippen molar-refractivity contribution in [3.8, 4) is 17.7 Å². The zero-order valence-corrected chi connectivity index (χ0v) is 18.1. The predicted molar refractivity (Wildman–Crippen MR) is 120 cm³/mol. The Morgan fingerprint density at radius 2 is 1.97 bits per heavy atom. The second-order valence-electron chi connectivity index (χ2n) is 7.25. The van der Waals surface area contributed by atoms with Gasteiger partial charge in [-0.3, -0.25) is 14.0 Å². The number of aromatic nitrogens is 2. The van der Waals surface area contributed by atoms with Crippen LogP contribution in [0.2, 0.25) is 0 Å².